The summed E-state index contributed by atoms with van der Waals surface area (Å²) in [6.07, 6.45) is 1.14. The molecule has 68 valence electrons. The van der Waals surface area contributed by atoms with Crippen molar-refractivity contribution in [1.29, 1.82) is 0 Å². The van der Waals surface area contributed by atoms with Gasteiger partial charge in [-0.15, -0.1) is 0 Å². The average molecular weight is 241 g/mol. The molecule has 0 N–H and O–H groups in total. The average Bonchev–Trinajstić information content (AvgIpc) is 2.11. The summed E-state index contributed by atoms with van der Waals surface area (Å²) < 4.78 is 5.91. The van der Waals surface area contributed by atoms with Gasteiger partial charge in [-0.3, -0.25) is 0 Å². The molecule has 0 atom stereocenters. The van der Waals surface area contributed by atoms with Gasteiger partial charge < -0.3 is 4.74 Å². The number of benzene rings is 1. The molecule has 0 aliphatic rings. The molecule has 0 amide bonds. The van der Waals surface area contributed by atoms with Crippen molar-refractivity contribution in [2.45, 2.75) is 6.92 Å². The zero-order chi connectivity index (χ0) is 9.84. The van der Waals surface area contributed by atoms with Crippen LogP contribution in [0.25, 0.3) is 0 Å². The Kier molecular flexibility index (Phi) is 3.25. The quantitative estimate of drug-likeness (QED) is 0.452. The molecule has 13 heavy (non-hydrogen) atoms. The molecule has 1 aromatic rings. The third-order valence-electron chi connectivity index (χ3n) is 1.51. The number of halogens is 1. The number of carbonyl (C=O) groups excluding carboxylic acids is 1. The highest BCUT2D eigenvalue weighted by molar-refractivity contribution is 9.10. The first-order chi connectivity index (χ1) is 6.13. The number of esters is 1. The Bertz CT molecular complexity index is 345. The van der Waals surface area contributed by atoms with Crippen molar-refractivity contribution in [2.24, 2.45) is 0 Å². The summed E-state index contributed by atoms with van der Waals surface area (Å²) in [5, 5.41) is 0. The first-order valence-corrected chi connectivity index (χ1v) is 4.53. The largest absolute Gasteiger partial charge is 0.423 e. The second-order valence-electron chi connectivity index (χ2n) is 2.54. The summed E-state index contributed by atoms with van der Waals surface area (Å²) in [7, 11) is 0. The van der Waals surface area contributed by atoms with Gasteiger partial charge in [-0.05, 0) is 30.7 Å². The van der Waals surface area contributed by atoms with Crippen LogP contribution in [-0.2, 0) is 4.79 Å². The van der Waals surface area contributed by atoms with E-state index in [1.54, 1.807) is 12.1 Å². The van der Waals surface area contributed by atoms with E-state index in [0.29, 0.717) is 5.75 Å². The minimum atomic E-state index is -0.443. The van der Waals surface area contributed by atoms with Crippen molar-refractivity contribution in [3.05, 3.63) is 40.9 Å². The van der Waals surface area contributed by atoms with Crippen LogP contribution in [0.3, 0.4) is 0 Å². The highest BCUT2D eigenvalue weighted by Gasteiger charge is 2.01. The SMILES string of the molecule is C=CC(=O)Oc1ccc(Br)c(C)c1. The van der Waals surface area contributed by atoms with E-state index in [1.807, 2.05) is 13.0 Å². The Morgan fingerprint density at radius 1 is 1.62 bits per heavy atom. The maximum Gasteiger partial charge on any atom is 0.335 e. The molecule has 0 aliphatic heterocycles. The Labute approximate surface area is 85.3 Å². The lowest BCUT2D eigenvalue weighted by atomic mass is 10.2. The summed E-state index contributed by atoms with van der Waals surface area (Å²) in [6, 6.07) is 5.34. The predicted molar refractivity (Wildman–Crippen MR) is 54.7 cm³/mol. The standard InChI is InChI=1S/C10H9BrO2/c1-3-10(12)13-8-4-5-9(11)7(2)6-8/h3-6H,1H2,2H3. The van der Waals surface area contributed by atoms with Crippen LogP contribution >= 0.6 is 15.9 Å². The minimum Gasteiger partial charge on any atom is -0.423 e. The first kappa shape index (κ1) is 9.99. The van der Waals surface area contributed by atoms with Gasteiger partial charge in [0.15, 0.2) is 0 Å². The summed E-state index contributed by atoms with van der Waals surface area (Å²) >= 11 is 3.35. The summed E-state index contributed by atoms with van der Waals surface area (Å²) in [4.78, 5) is 10.8. The minimum absolute atomic E-state index is 0.443. The number of ether oxygens (including phenoxy) is 1. The molecule has 3 heteroatoms. The summed E-state index contributed by atoms with van der Waals surface area (Å²) in [5.74, 6) is 0.0901. The lowest BCUT2D eigenvalue weighted by Gasteiger charge is -2.03. The molecule has 0 heterocycles. The number of carbonyl (C=O) groups is 1. The van der Waals surface area contributed by atoms with E-state index in [2.05, 4.69) is 22.5 Å². The second-order valence-corrected chi connectivity index (χ2v) is 3.39. The van der Waals surface area contributed by atoms with Crippen molar-refractivity contribution < 1.29 is 9.53 Å². The van der Waals surface area contributed by atoms with Gasteiger partial charge in [-0.1, -0.05) is 22.5 Å². The van der Waals surface area contributed by atoms with Crippen LogP contribution < -0.4 is 4.74 Å². The molecule has 0 spiro atoms. The molecule has 0 fully saturated rings. The molecule has 0 aromatic heterocycles. The van der Waals surface area contributed by atoms with Gasteiger partial charge >= 0.3 is 5.97 Å². The van der Waals surface area contributed by atoms with Crippen LogP contribution in [0.5, 0.6) is 5.75 Å². The molecule has 1 rings (SSSR count). The Morgan fingerprint density at radius 3 is 2.85 bits per heavy atom. The van der Waals surface area contributed by atoms with Crippen LogP contribution in [0.4, 0.5) is 0 Å². The van der Waals surface area contributed by atoms with Crippen LogP contribution in [0.15, 0.2) is 35.3 Å². The monoisotopic (exact) mass is 240 g/mol. The zero-order valence-corrected chi connectivity index (χ0v) is 8.80. The van der Waals surface area contributed by atoms with Crippen LogP contribution in [0, 0.1) is 6.92 Å². The number of hydrogen-bond acceptors (Lipinski definition) is 2. The van der Waals surface area contributed by atoms with Crippen LogP contribution in [0.1, 0.15) is 5.56 Å². The highest BCUT2D eigenvalue weighted by Crippen LogP contribution is 2.21. The number of aryl methyl sites for hydroxylation is 1. The van der Waals surface area contributed by atoms with Gasteiger partial charge in [0, 0.05) is 10.5 Å². The molecule has 0 saturated carbocycles. The van der Waals surface area contributed by atoms with Crippen molar-refractivity contribution in [2.75, 3.05) is 0 Å². The van der Waals surface area contributed by atoms with Gasteiger partial charge in [-0.2, -0.15) is 0 Å². The third kappa shape index (κ3) is 2.70. The molecule has 0 unspecified atom stereocenters. The fourth-order valence-corrected chi connectivity index (χ4v) is 1.09. The molecule has 2 nitrogen and oxygen atoms in total. The van der Waals surface area contributed by atoms with E-state index in [4.69, 9.17) is 4.74 Å². The van der Waals surface area contributed by atoms with Gasteiger partial charge in [-0.25, -0.2) is 4.79 Å². The molecule has 0 aliphatic carbocycles. The van der Waals surface area contributed by atoms with E-state index in [-0.39, 0.29) is 0 Å². The van der Waals surface area contributed by atoms with Gasteiger partial charge in [0.05, 0.1) is 0 Å². The lowest BCUT2D eigenvalue weighted by Crippen LogP contribution is -2.02. The van der Waals surface area contributed by atoms with Gasteiger partial charge in [0.25, 0.3) is 0 Å². The van der Waals surface area contributed by atoms with E-state index in [0.717, 1.165) is 16.1 Å². The predicted octanol–water partition coefficient (Wildman–Crippen LogP) is 2.85. The third-order valence-corrected chi connectivity index (χ3v) is 2.40. The van der Waals surface area contributed by atoms with Gasteiger partial charge in [0.2, 0.25) is 0 Å². The van der Waals surface area contributed by atoms with Crippen molar-refractivity contribution in [3.63, 3.8) is 0 Å². The maximum atomic E-state index is 10.8. The van der Waals surface area contributed by atoms with E-state index < -0.39 is 5.97 Å². The van der Waals surface area contributed by atoms with Crippen molar-refractivity contribution in [3.8, 4) is 5.75 Å². The number of hydrogen-bond donors (Lipinski definition) is 0. The van der Waals surface area contributed by atoms with E-state index in [9.17, 15) is 4.79 Å². The molecular weight excluding hydrogens is 232 g/mol. The Balaban J connectivity index is 2.85. The Morgan fingerprint density at radius 2 is 2.31 bits per heavy atom. The molecular formula is C10H9BrO2. The molecule has 0 bridgehead atoms. The fraction of sp³-hybridized carbons (Fsp3) is 0.100. The van der Waals surface area contributed by atoms with E-state index in [1.165, 1.54) is 0 Å². The highest BCUT2D eigenvalue weighted by atomic mass is 79.9. The second kappa shape index (κ2) is 4.23. The molecule has 1 aromatic carbocycles. The smallest absolute Gasteiger partial charge is 0.335 e. The summed E-state index contributed by atoms with van der Waals surface area (Å²) in [5.41, 5.74) is 1.02. The fourth-order valence-electron chi connectivity index (χ4n) is 0.838. The lowest BCUT2D eigenvalue weighted by molar-refractivity contribution is -0.128. The Hall–Kier alpha value is -1.09. The molecule has 0 radical (unpaired) electrons. The van der Waals surface area contributed by atoms with Gasteiger partial charge in [0.1, 0.15) is 5.75 Å². The van der Waals surface area contributed by atoms with Crippen molar-refractivity contribution >= 4 is 21.9 Å². The van der Waals surface area contributed by atoms with Crippen LogP contribution in [0.2, 0.25) is 0 Å². The van der Waals surface area contributed by atoms with E-state index >= 15 is 0 Å². The zero-order valence-electron chi connectivity index (χ0n) is 7.21. The normalized spacial score (nSPS) is 9.38. The summed E-state index contributed by atoms with van der Waals surface area (Å²) in [6.45, 7) is 5.24. The maximum absolute atomic E-state index is 10.8. The molecule has 0 saturated heterocycles. The number of rotatable bonds is 2. The van der Waals surface area contributed by atoms with Crippen molar-refractivity contribution in [1.82, 2.24) is 0 Å². The topological polar surface area (TPSA) is 26.3 Å². The first-order valence-electron chi connectivity index (χ1n) is 3.74. The van der Waals surface area contributed by atoms with Crippen LogP contribution in [-0.4, -0.2) is 5.97 Å².